The maximum Gasteiger partial charge on any atom is 0.187 e. The second kappa shape index (κ2) is 12.9. The Hall–Kier alpha value is -1.98. The Bertz CT molecular complexity index is 912. The molecule has 0 aromatic rings. The van der Waals surface area contributed by atoms with E-state index in [4.69, 9.17) is 47.6 Å². The van der Waals surface area contributed by atoms with Crippen molar-refractivity contribution >= 4 is 11.9 Å². The summed E-state index contributed by atoms with van der Waals surface area (Å²) in [5, 5.41) is 77.2. The molecule has 3 rings (SSSR count). The maximum atomic E-state index is 11.4. The van der Waals surface area contributed by atoms with Crippen molar-refractivity contribution in [3.63, 3.8) is 0 Å². The molecule has 2 saturated heterocycles. The van der Waals surface area contributed by atoms with Gasteiger partial charge in [0.25, 0.3) is 0 Å². The predicted molar refractivity (Wildman–Crippen MR) is 136 cm³/mol. The average molecular weight is 583 g/mol. The lowest BCUT2D eigenvalue weighted by Gasteiger charge is -2.45. The van der Waals surface area contributed by atoms with Crippen LogP contribution in [0.25, 0.3) is 0 Å². The van der Waals surface area contributed by atoms with Crippen LogP contribution in [0.4, 0.5) is 0 Å². The zero-order chi connectivity index (χ0) is 30.1. The van der Waals surface area contributed by atoms with Gasteiger partial charge >= 0.3 is 0 Å². The van der Waals surface area contributed by atoms with Gasteiger partial charge < -0.3 is 88.7 Å². The summed E-state index contributed by atoms with van der Waals surface area (Å²) < 4.78 is 23.4. The minimum Gasteiger partial charge on any atom is -0.394 e. The fourth-order valence-corrected chi connectivity index (χ4v) is 5.23. The summed E-state index contributed by atoms with van der Waals surface area (Å²) in [4.78, 5) is 7.70. The van der Waals surface area contributed by atoms with Gasteiger partial charge in [-0.3, -0.25) is 0 Å². The summed E-state index contributed by atoms with van der Waals surface area (Å²) in [6.45, 7) is 0.406. The van der Waals surface area contributed by atoms with Crippen LogP contribution in [0.15, 0.2) is 9.98 Å². The number of aliphatic hydroxyl groups excluding tert-OH is 6. The first-order valence-electron chi connectivity index (χ1n) is 12.6. The third-order valence-corrected chi connectivity index (χ3v) is 7.56. The van der Waals surface area contributed by atoms with Crippen LogP contribution in [-0.2, 0) is 18.9 Å². The summed E-state index contributed by atoms with van der Waals surface area (Å²) in [6.07, 6.45) is -16.3. The molecule has 0 spiro atoms. The molecular weight excluding hydrogens is 540 g/mol. The molecule has 0 radical (unpaired) electrons. The highest BCUT2D eigenvalue weighted by molar-refractivity contribution is 5.76. The number of hydrogen-bond donors (Lipinski definition) is 13. The Morgan fingerprint density at radius 1 is 0.850 bits per heavy atom. The minimum absolute atomic E-state index is 0.410. The van der Waals surface area contributed by atoms with Gasteiger partial charge in [-0.25, -0.2) is 9.98 Å². The standard InChI is InChI=1S/C21H42N8O11/c1-5-21(36,4-22)16(40-17-9(27-2)13(34)10(31)6(3-30)38-17)18(37-5)39-15-8(29-20(25)26)11(32)7(28-19(23)24)12(33)14(15)35/h5-18,27,30-36H,3-4,22H2,1-2H3,(H4,23,24,28)(H4,25,26,29)/t5-,6?,7?,8?,9?,10?,11?,12?,13?,14?,15?,16?,17+,18-,21+/m0/s1. The Morgan fingerprint density at radius 3 is 1.98 bits per heavy atom. The van der Waals surface area contributed by atoms with Gasteiger partial charge in [0.05, 0.1) is 18.8 Å². The second-order valence-electron chi connectivity index (χ2n) is 10.1. The highest BCUT2D eigenvalue weighted by Crippen LogP contribution is 2.39. The van der Waals surface area contributed by atoms with Gasteiger partial charge in [0.2, 0.25) is 0 Å². The van der Waals surface area contributed by atoms with Crippen molar-refractivity contribution in [1.82, 2.24) is 5.32 Å². The summed E-state index contributed by atoms with van der Waals surface area (Å²) in [7, 11) is 1.46. The van der Waals surface area contributed by atoms with Crippen molar-refractivity contribution in [2.24, 2.45) is 38.7 Å². The summed E-state index contributed by atoms with van der Waals surface area (Å²) in [5.41, 5.74) is 25.8. The first-order chi connectivity index (χ1) is 18.7. The van der Waals surface area contributed by atoms with Gasteiger partial charge in [-0.05, 0) is 14.0 Å². The number of hydrogen-bond acceptors (Lipinski definition) is 15. The van der Waals surface area contributed by atoms with E-state index in [1.165, 1.54) is 14.0 Å². The molecule has 11 unspecified atom stereocenters. The lowest BCUT2D eigenvalue weighted by Crippen LogP contribution is -2.67. The first-order valence-corrected chi connectivity index (χ1v) is 12.6. The number of nitrogens with two attached hydrogens (primary N) is 5. The SMILES string of the molecule is CNC1C(O)C(O)C(CO)O[C@@H]1OC1[C@H](OC2C(O)C(O)C(N=C(N)N)C(O)C2N=C(N)N)O[C@@H](C)[C@]1(O)CN. The molecule has 3 fully saturated rings. The van der Waals surface area contributed by atoms with Crippen LogP contribution in [-0.4, -0.2) is 159 Å². The second-order valence-corrected chi connectivity index (χ2v) is 10.1. The fraction of sp³-hybridized carbons (Fsp3) is 0.905. The van der Waals surface area contributed by atoms with Gasteiger partial charge in [-0.15, -0.1) is 0 Å². The highest BCUT2D eigenvalue weighted by Gasteiger charge is 2.60. The van der Waals surface area contributed by atoms with E-state index < -0.39 is 116 Å². The maximum absolute atomic E-state index is 11.4. The molecule has 0 aromatic heterocycles. The van der Waals surface area contributed by atoms with Crippen molar-refractivity contribution in [1.29, 1.82) is 0 Å². The minimum atomic E-state index is -1.93. The quantitative estimate of drug-likeness (QED) is 0.0885. The molecule has 0 bridgehead atoms. The fourth-order valence-electron chi connectivity index (χ4n) is 5.23. The number of aliphatic imine (C=N–C) groups is 2. The molecular formula is C21H42N8O11. The van der Waals surface area contributed by atoms with Crippen LogP contribution in [0.2, 0.25) is 0 Å². The molecule has 19 heteroatoms. The summed E-state index contributed by atoms with van der Waals surface area (Å²) >= 11 is 0. The Balaban J connectivity index is 1.96. The topological polar surface area (TPSA) is 345 Å². The van der Waals surface area contributed by atoms with Crippen molar-refractivity contribution < 1.29 is 54.7 Å². The van der Waals surface area contributed by atoms with Gasteiger partial charge in [-0.1, -0.05) is 0 Å². The van der Waals surface area contributed by atoms with Crippen LogP contribution in [0.1, 0.15) is 6.92 Å². The van der Waals surface area contributed by atoms with E-state index in [2.05, 4.69) is 15.3 Å². The third-order valence-electron chi connectivity index (χ3n) is 7.56. The highest BCUT2D eigenvalue weighted by atomic mass is 16.8. The molecule has 15 atom stereocenters. The number of guanidine groups is 2. The van der Waals surface area contributed by atoms with Gasteiger partial charge in [-0.2, -0.15) is 0 Å². The number of ether oxygens (including phenoxy) is 4. The lowest BCUT2D eigenvalue weighted by atomic mass is 9.81. The largest absolute Gasteiger partial charge is 0.394 e. The lowest BCUT2D eigenvalue weighted by molar-refractivity contribution is -0.316. The predicted octanol–water partition coefficient (Wildman–Crippen LogP) is -8.40. The molecule has 2 heterocycles. The van der Waals surface area contributed by atoms with Crippen LogP contribution in [0.3, 0.4) is 0 Å². The molecule has 3 aliphatic rings. The molecule has 0 amide bonds. The smallest absolute Gasteiger partial charge is 0.187 e. The number of aliphatic hydroxyl groups is 7. The van der Waals surface area contributed by atoms with Crippen molar-refractivity contribution in [2.75, 3.05) is 20.2 Å². The molecule has 0 aromatic carbocycles. The molecule has 1 saturated carbocycles. The van der Waals surface area contributed by atoms with Crippen molar-refractivity contribution in [3.8, 4) is 0 Å². The monoisotopic (exact) mass is 582 g/mol. The van der Waals surface area contributed by atoms with Crippen LogP contribution < -0.4 is 34.0 Å². The van der Waals surface area contributed by atoms with E-state index in [1.54, 1.807) is 0 Å². The summed E-state index contributed by atoms with van der Waals surface area (Å²) in [5.74, 6) is -0.973. The van der Waals surface area contributed by atoms with Gasteiger partial charge in [0.15, 0.2) is 24.5 Å². The molecule has 2 aliphatic heterocycles. The van der Waals surface area contributed by atoms with E-state index in [9.17, 15) is 35.7 Å². The van der Waals surface area contributed by atoms with E-state index >= 15 is 0 Å². The van der Waals surface area contributed by atoms with E-state index in [0.717, 1.165) is 0 Å². The Labute approximate surface area is 229 Å². The van der Waals surface area contributed by atoms with E-state index in [1.807, 2.05) is 0 Å². The average Bonchev–Trinajstić information content (AvgIpc) is 3.13. The first kappa shape index (κ1) is 32.5. The third kappa shape index (κ3) is 6.11. The summed E-state index contributed by atoms with van der Waals surface area (Å²) in [6, 6.07) is -3.91. The molecule has 19 nitrogen and oxygen atoms in total. The zero-order valence-corrected chi connectivity index (χ0v) is 22.0. The Morgan fingerprint density at radius 2 is 1.45 bits per heavy atom. The normalized spacial score (nSPS) is 47.5. The molecule has 1 aliphatic carbocycles. The number of rotatable bonds is 9. The van der Waals surface area contributed by atoms with E-state index in [0.29, 0.717) is 0 Å². The van der Waals surface area contributed by atoms with E-state index in [-0.39, 0.29) is 0 Å². The van der Waals surface area contributed by atoms with Crippen molar-refractivity contribution in [2.45, 2.75) is 98.2 Å². The number of nitrogens with zero attached hydrogens (tertiary/aromatic N) is 2. The van der Waals surface area contributed by atoms with Crippen molar-refractivity contribution in [3.05, 3.63) is 0 Å². The molecule has 18 N–H and O–H groups in total. The zero-order valence-electron chi connectivity index (χ0n) is 22.0. The number of likely N-dealkylation sites (N-methyl/N-ethyl adjacent to an activating group) is 1. The van der Waals surface area contributed by atoms with Crippen LogP contribution in [0.5, 0.6) is 0 Å². The Kier molecular flexibility index (Phi) is 10.5. The number of nitrogens with one attached hydrogen (secondary N) is 1. The molecule has 232 valence electrons. The van der Waals surface area contributed by atoms with Gasteiger partial charge in [0.1, 0.15) is 66.5 Å². The van der Waals surface area contributed by atoms with Gasteiger partial charge in [0, 0.05) is 6.54 Å². The molecule has 40 heavy (non-hydrogen) atoms. The van der Waals surface area contributed by atoms with Crippen LogP contribution >= 0.6 is 0 Å². The van der Waals surface area contributed by atoms with Crippen LogP contribution in [0, 0.1) is 0 Å².